The molecule has 16 heavy (non-hydrogen) atoms. The first kappa shape index (κ1) is 16.5. The fourth-order valence-electron chi connectivity index (χ4n) is 1.14. The van der Waals surface area contributed by atoms with E-state index in [0.717, 1.165) is 17.0 Å². The molecule has 0 aliphatic carbocycles. The van der Waals surface area contributed by atoms with Crippen LogP contribution in [0.4, 0.5) is 0 Å². The highest BCUT2D eigenvalue weighted by atomic mass is 32.4. The van der Waals surface area contributed by atoms with Crippen molar-refractivity contribution in [3.63, 3.8) is 0 Å². The second-order valence-electron chi connectivity index (χ2n) is 3.02. The molecule has 0 rings (SSSR count). The van der Waals surface area contributed by atoms with Crippen molar-refractivity contribution in [1.29, 1.82) is 0 Å². The summed E-state index contributed by atoms with van der Waals surface area (Å²) < 4.78 is 18.0. The second-order valence-corrected chi connectivity index (χ2v) is 8.45. The summed E-state index contributed by atoms with van der Waals surface area (Å²) in [5.74, 6) is 0. The zero-order valence-corrected chi connectivity index (χ0v) is 13.2. The minimum atomic E-state index is -2.62. The Balaban J connectivity index is 4.51. The summed E-state index contributed by atoms with van der Waals surface area (Å²) in [7, 11) is -2.62. The summed E-state index contributed by atoms with van der Waals surface area (Å²) in [5, 5.41) is 0. The molecule has 0 aromatic heterocycles. The minimum absolute atomic E-state index is 0.591. The van der Waals surface area contributed by atoms with Gasteiger partial charge in [0, 0.05) is 24.0 Å². The quantitative estimate of drug-likeness (QED) is 0.477. The van der Waals surface area contributed by atoms with Crippen LogP contribution in [0, 0.1) is 0 Å². The zero-order chi connectivity index (χ0) is 12.4. The average molecular weight is 283 g/mol. The highest BCUT2D eigenvalue weighted by molar-refractivity contribution is 8.42. The van der Waals surface area contributed by atoms with Gasteiger partial charge in [0.2, 0.25) is 0 Å². The molecule has 0 atom stereocenters. The maximum absolute atomic E-state index is 5.70. The molecule has 0 aromatic carbocycles. The normalized spacial score (nSPS) is 11.8. The van der Waals surface area contributed by atoms with Crippen LogP contribution >= 0.6 is 23.4 Å². The Morgan fingerprint density at radius 1 is 1.00 bits per heavy atom. The molecule has 0 radical (unpaired) electrons. The van der Waals surface area contributed by atoms with Crippen LogP contribution in [0.5, 0.6) is 0 Å². The molecule has 0 heterocycles. The van der Waals surface area contributed by atoms with Gasteiger partial charge in [-0.2, -0.15) is 0 Å². The molecular formula is C10H22O3S2Si. The number of hydrogen-bond donors (Lipinski definition) is 0. The summed E-state index contributed by atoms with van der Waals surface area (Å²) in [6.45, 7) is 9.73. The van der Waals surface area contributed by atoms with Crippen LogP contribution in [0.25, 0.3) is 0 Å². The summed E-state index contributed by atoms with van der Waals surface area (Å²) in [5.41, 5.74) is 0. The molecule has 96 valence electrons. The molecule has 0 aliphatic heterocycles. The highest BCUT2D eigenvalue weighted by Gasteiger charge is 2.43. The lowest BCUT2D eigenvalue weighted by molar-refractivity contribution is 0.0970. The van der Waals surface area contributed by atoms with Crippen LogP contribution < -0.4 is 0 Å². The van der Waals surface area contributed by atoms with Gasteiger partial charge in [-0.25, -0.2) is 0 Å². The van der Waals surface area contributed by atoms with Crippen molar-refractivity contribution in [1.82, 2.24) is 0 Å². The van der Waals surface area contributed by atoms with E-state index in [1.54, 1.807) is 0 Å². The van der Waals surface area contributed by atoms with Crippen LogP contribution in [0.15, 0.2) is 0 Å². The number of hydrogen-bond acceptors (Lipinski definition) is 5. The van der Waals surface area contributed by atoms with Gasteiger partial charge in [-0.1, -0.05) is 36.8 Å². The van der Waals surface area contributed by atoms with Crippen molar-refractivity contribution in [3.05, 3.63) is 0 Å². The smallest absolute Gasteiger partial charge is 0.365 e. The maximum Gasteiger partial charge on any atom is 0.578 e. The first-order chi connectivity index (χ1) is 7.64. The molecule has 0 bridgehead atoms. The first-order valence-electron chi connectivity index (χ1n) is 5.77. The average Bonchev–Trinajstić information content (AvgIpc) is 2.18. The van der Waals surface area contributed by atoms with E-state index in [2.05, 4.69) is 6.92 Å². The Morgan fingerprint density at radius 3 is 1.75 bits per heavy atom. The van der Waals surface area contributed by atoms with Crippen molar-refractivity contribution in [2.75, 3.05) is 19.8 Å². The molecule has 0 spiro atoms. The van der Waals surface area contributed by atoms with Gasteiger partial charge >= 0.3 is 7.95 Å². The lowest BCUT2D eigenvalue weighted by atomic mass is 10.4. The van der Waals surface area contributed by atoms with Crippen LogP contribution in [-0.2, 0) is 13.3 Å². The predicted molar refractivity (Wildman–Crippen MR) is 75.7 cm³/mol. The third-order valence-electron chi connectivity index (χ3n) is 1.66. The minimum Gasteiger partial charge on any atom is -0.365 e. The van der Waals surface area contributed by atoms with E-state index in [0.29, 0.717) is 19.8 Å². The van der Waals surface area contributed by atoms with Crippen molar-refractivity contribution >= 4 is 35.6 Å². The summed E-state index contributed by atoms with van der Waals surface area (Å²) in [6.07, 6.45) is 1.95. The van der Waals surface area contributed by atoms with Gasteiger partial charge in [-0.3, -0.25) is 0 Å². The Morgan fingerprint density at radius 2 is 1.44 bits per heavy atom. The molecule has 0 saturated heterocycles. The Hall–Kier alpha value is 0.537. The van der Waals surface area contributed by atoms with E-state index in [1.165, 1.54) is 11.2 Å². The second kappa shape index (κ2) is 9.56. The summed E-state index contributed by atoms with van der Waals surface area (Å²) in [6, 6.07) is 0. The standard InChI is InChI=1S/C10H22O3S2Si/c1-5-9-10(14)15-16(11-6-2,12-7-3)13-8-4/h5-9H2,1-4H3. The topological polar surface area (TPSA) is 27.7 Å². The maximum atomic E-state index is 5.70. The molecular weight excluding hydrogens is 260 g/mol. The Kier molecular flexibility index (Phi) is 9.88. The molecule has 0 unspecified atom stereocenters. The van der Waals surface area contributed by atoms with Gasteiger partial charge in [0.1, 0.15) is 0 Å². The van der Waals surface area contributed by atoms with Gasteiger partial charge in [0.05, 0.1) is 0 Å². The van der Waals surface area contributed by atoms with Crippen LogP contribution in [0.1, 0.15) is 40.5 Å². The van der Waals surface area contributed by atoms with E-state index in [9.17, 15) is 0 Å². The zero-order valence-electron chi connectivity index (χ0n) is 10.6. The van der Waals surface area contributed by atoms with E-state index < -0.39 is 7.95 Å². The molecule has 0 aromatic rings. The summed E-state index contributed by atoms with van der Waals surface area (Å²) in [4.78, 5) is 0. The number of thiocarbonyl (C=S) groups is 1. The molecule has 6 heteroatoms. The third kappa shape index (κ3) is 6.32. The van der Waals surface area contributed by atoms with Crippen LogP contribution in [0.3, 0.4) is 0 Å². The van der Waals surface area contributed by atoms with Crippen molar-refractivity contribution in [3.8, 4) is 0 Å². The molecule has 0 aliphatic rings. The van der Waals surface area contributed by atoms with Gasteiger partial charge in [-0.15, -0.1) is 0 Å². The monoisotopic (exact) mass is 282 g/mol. The van der Waals surface area contributed by atoms with E-state index in [4.69, 9.17) is 25.5 Å². The van der Waals surface area contributed by atoms with Gasteiger partial charge in [-0.05, 0) is 27.2 Å². The lowest BCUT2D eigenvalue weighted by Crippen LogP contribution is -2.43. The highest BCUT2D eigenvalue weighted by Crippen LogP contribution is 2.28. The Labute approximate surface area is 109 Å². The fourth-order valence-corrected chi connectivity index (χ4v) is 7.07. The van der Waals surface area contributed by atoms with Gasteiger partial charge < -0.3 is 13.3 Å². The third-order valence-corrected chi connectivity index (χ3v) is 7.71. The summed E-state index contributed by atoms with van der Waals surface area (Å²) >= 11 is 6.80. The van der Waals surface area contributed by atoms with Crippen molar-refractivity contribution in [2.45, 2.75) is 40.5 Å². The Bertz CT molecular complexity index is 185. The largest absolute Gasteiger partial charge is 0.578 e. The fraction of sp³-hybridized carbons (Fsp3) is 0.900. The molecule has 0 saturated carbocycles. The van der Waals surface area contributed by atoms with Gasteiger partial charge in [0.15, 0.2) is 0 Å². The van der Waals surface area contributed by atoms with E-state index in [1.807, 2.05) is 20.8 Å². The lowest BCUT2D eigenvalue weighted by Gasteiger charge is -2.27. The molecule has 0 amide bonds. The molecule has 0 fully saturated rings. The van der Waals surface area contributed by atoms with Crippen LogP contribution in [-0.4, -0.2) is 32.0 Å². The first-order valence-corrected chi connectivity index (χ1v) is 9.45. The van der Waals surface area contributed by atoms with Gasteiger partial charge in [0.25, 0.3) is 0 Å². The van der Waals surface area contributed by atoms with Crippen molar-refractivity contribution in [2.24, 2.45) is 0 Å². The predicted octanol–water partition coefficient (Wildman–Crippen LogP) is 3.39. The van der Waals surface area contributed by atoms with Crippen LogP contribution in [0.2, 0.25) is 0 Å². The number of rotatable bonds is 9. The van der Waals surface area contributed by atoms with E-state index >= 15 is 0 Å². The SMILES string of the molecule is CCCC(=S)S[Si](OCC)(OCC)OCC. The van der Waals surface area contributed by atoms with E-state index in [-0.39, 0.29) is 0 Å². The molecule has 0 N–H and O–H groups in total. The van der Waals surface area contributed by atoms with Crippen molar-refractivity contribution < 1.29 is 13.3 Å². The molecule has 3 nitrogen and oxygen atoms in total.